The third kappa shape index (κ3) is 5.69. The number of amides is 1. The van der Waals surface area contributed by atoms with Crippen LogP contribution in [0.15, 0.2) is 60.0 Å². The Morgan fingerprint density at radius 1 is 1.21 bits per heavy atom. The van der Waals surface area contributed by atoms with Crippen LogP contribution in [-0.4, -0.2) is 53.6 Å². The first-order chi connectivity index (χ1) is 16.5. The zero-order chi connectivity index (χ0) is 24.1. The van der Waals surface area contributed by atoms with Crippen molar-refractivity contribution in [3.63, 3.8) is 0 Å². The molecule has 1 aliphatic rings. The Kier molecular flexibility index (Phi) is 8.03. The standard InChI is InChI=1S/C28H34N2O3S/c1-4-29(17-25(31)22-8-6-5-7-9-22)18-28(32)30-14-12-27-23(13-15-34-27)24(30)19-33-26-11-10-20(2)16-21(26)3/h5-11,13,15-16,24-25,31H,4,12,14,17-19H2,1-3H3/t24-,25-/m1/s1. The van der Waals surface area contributed by atoms with Crippen LogP contribution in [0.1, 0.15) is 46.2 Å². The summed E-state index contributed by atoms with van der Waals surface area (Å²) >= 11 is 1.76. The molecule has 0 radical (unpaired) electrons. The van der Waals surface area contributed by atoms with Crippen LogP contribution in [0.2, 0.25) is 0 Å². The third-order valence-electron chi connectivity index (χ3n) is 6.56. The number of aliphatic hydroxyl groups excluding tert-OH is 1. The Labute approximate surface area is 206 Å². The van der Waals surface area contributed by atoms with Gasteiger partial charge in [0.25, 0.3) is 0 Å². The number of thiophene rings is 1. The fourth-order valence-corrected chi connectivity index (χ4v) is 5.55. The van der Waals surface area contributed by atoms with Crippen molar-refractivity contribution in [2.45, 2.75) is 39.3 Å². The number of carbonyl (C=O) groups excluding carboxylic acids is 1. The zero-order valence-corrected chi connectivity index (χ0v) is 21.1. The summed E-state index contributed by atoms with van der Waals surface area (Å²) in [7, 11) is 0. The molecule has 1 amide bonds. The summed E-state index contributed by atoms with van der Waals surface area (Å²) in [5.74, 6) is 0.940. The van der Waals surface area contributed by atoms with Crippen molar-refractivity contribution in [1.29, 1.82) is 0 Å². The van der Waals surface area contributed by atoms with Crippen molar-refractivity contribution in [3.05, 3.63) is 87.1 Å². The molecule has 2 atom stereocenters. The lowest BCUT2D eigenvalue weighted by Gasteiger charge is -2.37. The zero-order valence-electron chi connectivity index (χ0n) is 20.2. The van der Waals surface area contributed by atoms with Crippen molar-refractivity contribution in [2.75, 3.05) is 32.8 Å². The van der Waals surface area contributed by atoms with Crippen molar-refractivity contribution in [1.82, 2.24) is 9.80 Å². The topological polar surface area (TPSA) is 53.0 Å². The Balaban J connectivity index is 1.46. The minimum atomic E-state index is -0.623. The Morgan fingerprint density at radius 3 is 2.74 bits per heavy atom. The fourth-order valence-electron chi connectivity index (χ4n) is 4.62. The second-order valence-corrected chi connectivity index (χ2v) is 9.99. The van der Waals surface area contributed by atoms with Crippen LogP contribution in [0.3, 0.4) is 0 Å². The van der Waals surface area contributed by atoms with Crippen LogP contribution in [0.25, 0.3) is 0 Å². The van der Waals surface area contributed by atoms with Gasteiger partial charge in [0.2, 0.25) is 5.91 Å². The average molecular weight is 479 g/mol. The lowest BCUT2D eigenvalue weighted by Crippen LogP contribution is -2.47. The van der Waals surface area contributed by atoms with E-state index in [1.165, 1.54) is 16.0 Å². The maximum absolute atomic E-state index is 13.5. The van der Waals surface area contributed by atoms with E-state index < -0.39 is 6.10 Å². The number of hydrogen-bond acceptors (Lipinski definition) is 5. The third-order valence-corrected chi connectivity index (χ3v) is 7.56. The number of benzene rings is 2. The first-order valence-corrected chi connectivity index (χ1v) is 12.9. The smallest absolute Gasteiger partial charge is 0.237 e. The van der Waals surface area contributed by atoms with Gasteiger partial charge in [-0.25, -0.2) is 0 Å². The molecule has 2 heterocycles. The van der Waals surface area contributed by atoms with Crippen LogP contribution in [0.4, 0.5) is 0 Å². The van der Waals surface area contributed by atoms with E-state index in [-0.39, 0.29) is 18.5 Å². The van der Waals surface area contributed by atoms with E-state index in [1.807, 2.05) is 53.1 Å². The molecule has 1 aliphatic heterocycles. The van der Waals surface area contributed by atoms with Gasteiger partial charge in [0, 0.05) is 18.0 Å². The number of nitrogens with zero attached hydrogens (tertiary/aromatic N) is 2. The first kappa shape index (κ1) is 24.5. The van der Waals surface area contributed by atoms with Gasteiger partial charge in [0.05, 0.1) is 18.7 Å². The second kappa shape index (κ2) is 11.2. The van der Waals surface area contributed by atoms with Gasteiger partial charge in [-0.15, -0.1) is 11.3 Å². The summed E-state index contributed by atoms with van der Waals surface area (Å²) in [4.78, 5) is 18.8. The second-order valence-electron chi connectivity index (χ2n) is 8.99. The van der Waals surface area contributed by atoms with Crippen molar-refractivity contribution in [3.8, 4) is 5.75 Å². The molecule has 1 N–H and O–H groups in total. The summed E-state index contributed by atoms with van der Waals surface area (Å²) in [6.07, 6.45) is 0.250. The highest BCUT2D eigenvalue weighted by molar-refractivity contribution is 7.10. The van der Waals surface area contributed by atoms with Crippen LogP contribution < -0.4 is 4.74 Å². The molecule has 0 fully saturated rings. The molecule has 4 rings (SSSR count). The molecule has 0 unspecified atom stereocenters. The van der Waals surface area contributed by atoms with E-state index >= 15 is 0 Å². The first-order valence-electron chi connectivity index (χ1n) is 12.0. The highest BCUT2D eigenvalue weighted by atomic mass is 32.1. The molecule has 0 saturated heterocycles. The van der Waals surface area contributed by atoms with E-state index in [0.29, 0.717) is 26.2 Å². The van der Waals surface area contributed by atoms with E-state index in [2.05, 4.69) is 37.4 Å². The molecule has 180 valence electrons. The molecule has 0 bridgehead atoms. The number of ether oxygens (including phenoxy) is 1. The molecule has 0 spiro atoms. The van der Waals surface area contributed by atoms with E-state index in [9.17, 15) is 9.90 Å². The summed E-state index contributed by atoms with van der Waals surface area (Å²) in [5, 5.41) is 12.8. The minimum Gasteiger partial charge on any atom is -0.491 e. The Morgan fingerprint density at radius 2 is 2.00 bits per heavy atom. The molecule has 34 heavy (non-hydrogen) atoms. The molecular formula is C28H34N2O3S. The highest BCUT2D eigenvalue weighted by Gasteiger charge is 2.33. The molecule has 3 aromatic rings. The number of aryl methyl sites for hydroxylation is 2. The summed E-state index contributed by atoms with van der Waals surface area (Å²) < 4.78 is 6.25. The molecule has 6 heteroatoms. The SMILES string of the molecule is CCN(CC(=O)N1CCc2sccc2[C@H]1COc1ccc(C)cc1C)C[C@@H](O)c1ccccc1. The van der Waals surface area contributed by atoms with Crippen LogP contribution in [0.5, 0.6) is 5.75 Å². The lowest BCUT2D eigenvalue weighted by atomic mass is 10.00. The van der Waals surface area contributed by atoms with E-state index in [1.54, 1.807) is 11.3 Å². The normalized spacial score (nSPS) is 16.4. The minimum absolute atomic E-state index is 0.0770. The Bertz CT molecular complexity index is 1100. The van der Waals surface area contributed by atoms with Gasteiger partial charge in [-0.1, -0.05) is 55.0 Å². The van der Waals surface area contributed by atoms with Crippen LogP contribution >= 0.6 is 11.3 Å². The average Bonchev–Trinajstić information content (AvgIpc) is 3.32. The van der Waals surface area contributed by atoms with Gasteiger partial charge in [0.1, 0.15) is 12.4 Å². The monoisotopic (exact) mass is 478 g/mol. The number of likely N-dealkylation sites (N-methyl/N-ethyl adjacent to an activating group) is 1. The molecule has 1 aromatic heterocycles. The van der Waals surface area contributed by atoms with Crippen LogP contribution in [-0.2, 0) is 11.2 Å². The van der Waals surface area contributed by atoms with Gasteiger partial charge in [-0.3, -0.25) is 9.69 Å². The summed E-state index contributed by atoms with van der Waals surface area (Å²) in [5.41, 5.74) is 4.37. The maximum atomic E-state index is 13.5. The highest BCUT2D eigenvalue weighted by Crippen LogP contribution is 2.34. The Hall–Kier alpha value is -2.67. The van der Waals surface area contributed by atoms with E-state index in [4.69, 9.17) is 4.74 Å². The van der Waals surface area contributed by atoms with Crippen LogP contribution in [0, 0.1) is 13.8 Å². The molecule has 2 aromatic carbocycles. The van der Waals surface area contributed by atoms with Gasteiger partial charge < -0.3 is 14.7 Å². The molecular weight excluding hydrogens is 444 g/mol. The largest absolute Gasteiger partial charge is 0.491 e. The van der Waals surface area contributed by atoms with Crippen molar-refractivity contribution in [2.24, 2.45) is 0 Å². The van der Waals surface area contributed by atoms with E-state index in [0.717, 1.165) is 23.3 Å². The fraction of sp³-hybridized carbons (Fsp3) is 0.393. The van der Waals surface area contributed by atoms with Gasteiger partial charge in [-0.05, 0) is 61.0 Å². The number of carbonyl (C=O) groups is 1. The molecule has 0 aliphatic carbocycles. The van der Waals surface area contributed by atoms with Crippen molar-refractivity contribution < 1.29 is 14.6 Å². The number of aliphatic hydroxyl groups is 1. The van der Waals surface area contributed by atoms with Gasteiger partial charge >= 0.3 is 0 Å². The quantitative estimate of drug-likeness (QED) is 0.474. The number of rotatable bonds is 9. The number of hydrogen-bond donors (Lipinski definition) is 1. The maximum Gasteiger partial charge on any atom is 0.237 e. The summed E-state index contributed by atoms with van der Waals surface area (Å²) in [6, 6.07) is 17.8. The summed E-state index contributed by atoms with van der Waals surface area (Å²) in [6.45, 7) is 8.66. The number of fused-ring (bicyclic) bond motifs is 1. The predicted octanol–water partition coefficient (Wildman–Crippen LogP) is 4.93. The molecule has 5 nitrogen and oxygen atoms in total. The van der Waals surface area contributed by atoms with Gasteiger partial charge in [-0.2, -0.15) is 0 Å². The predicted molar refractivity (Wildman–Crippen MR) is 137 cm³/mol. The van der Waals surface area contributed by atoms with Crippen molar-refractivity contribution >= 4 is 17.2 Å². The molecule has 0 saturated carbocycles. The lowest BCUT2D eigenvalue weighted by molar-refractivity contribution is -0.136. The van der Waals surface area contributed by atoms with Gasteiger partial charge in [0.15, 0.2) is 0 Å².